The molecule has 2 heterocycles. The summed E-state index contributed by atoms with van der Waals surface area (Å²) >= 11 is 1.52. The van der Waals surface area contributed by atoms with Crippen LogP contribution in [0.2, 0.25) is 0 Å². The minimum Gasteiger partial charge on any atom is -0.468 e. The van der Waals surface area contributed by atoms with Crippen molar-refractivity contribution in [1.82, 2.24) is 4.90 Å². The van der Waals surface area contributed by atoms with Gasteiger partial charge in [-0.15, -0.1) is 11.8 Å². The van der Waals surface area contributed by atoms with Crippen LogP contribution in [0.4, 0.5) is 5.69 Å². The standard InChI is InChI=1S/C17H20N2O4S/c1-23-17(22)14-11-18(9-10-24-14)16(21)12-4-6-13(7-5-12)19-8-2-3-15(19)20/h4-7,14H,2-3,8-11H2,1H3/t14-/m1/s1. The number of esters is 1. The molecule has 128 valence electrons. The number of methoxy groups -OCH3 is 1. The fourth-order valence-corrected chi connectivity index (χ4v) is 4.12. The summed E-state index contributed by atoms with van der Waals surface area (Å²) < 4.78 is 4.77. The van der Waals surface area contributed by atoms with Crippen LogP contribution in [0.15, 0.2) is 24.3 Å². The molecule has 1 aromatic rings. The van der Waals surface area contributed by atoms with E-state index in [0.717, 1.165) is 18.7 Å². The van der Waals surface area contributed by atoms with Gasteiger partial charge in [-0.2, -0.15) is 0 Å². The number of thioether (sulfide) groups is 1. The zero-order chi connectivity index (χ0) is 17.1. The van der Waals surface area contributed by atoms with Crippen molar-refractivity contribution in [3.63, 3.8) is 0 Å². The Morgan fingerprint density at radius 2 is 1.96 bits per heavy atom. The largest absolute Gasteiger partial charge is 0.468 e. The first kappa shape index (κ1) is 16.8. The monoisotopic (exact) mass is 348 g/mol. The van der Waals surface area contributed by atoms with E-state index in [2.05, 4.69) is 0 Å². The van der Waals surface area contributed by atoms with Gasteiger partial charge in [0.05, 0.1) is 7.11 Å². The smallest absolute Gasteiger partial charge is 0.320 e. The molecule has 7 heteroatoms. The predicted molar refractivity (Wildman–Crippen MR) is 92.2 cm³/mol. The van der Waals surface area contributed by atoms with Gasteiger partial charge in [0.2, 0.25) is 5.91 Å². The van der Waals surface area contributed by atoms with Crippen LogP contribution in [-0.4, -0.2) is 60.4 Å². The van der Waals surface area contributed by atoms with E-state index in [9.17, 15) is 14.4 Å². The number of hydrogen-bond donors (Lipinski definition) is 0. The van der Waals surface area contributed by atoms with Crippen LogP contribution in [0.25, 0.3) is 0 Å². The second-order valence-corrected chi connectivity index (χ2v) is 7.14. The van der Waals surface area contributed by atoms with Crippen LogP contribution in [-0.2, 0) is 14.3 Å². The van der Waals surface area contributed by atoms with Gasteiger partial charge in [0.25, 0.3) is 5.91 Å². The van der Waals surface area contributed by atoms with Crippen molar-refractivity contribution in [1.29, 1.82) is 0 Å². The third-order valence-electron chi connectivity index (χ3n) is 4.32. The normalized spacial score (nSPS) is 21.0. The summed E-state index contributed by atoms with van der Waals surface area (Å²) in [7, 11) is 1.36. The highest BCUT2D eigenvalue weighted by Gasteiger charge is 2.30. The number of amides is 2. The summed E-state index contributed by atoms with van der Waals surface area (Å²) in [5.41, 5.74) is 1.40. The number of carbonyl (C=O) groups is 3. The van der Waals surface area contributed by atoms with E-state index in [0.29, 0.717) is 30.8 Å². The topological polar surface area (TPSA) is 66.9 Å². The Balaban J connectivity index is 1.68. The van der Waals surface area contributed by atoms with Gasteiger partial charge in [-0.25, -0.2) is 0 Å². The van der Waals surface area contributed by atoms with Crippen molar-refractivity contribution in [2.45, 2.75) is 18.1 Å². The fourth-order valence-electron chi connectivity index (χ4n) is 3.00. The Labute approximate surface area is 145 Å². The summed E-state index contributed by atoms with van der Waals surface area (Å²) in [6.07, 6.45) is 1.46. The minimum absolute atomic E-state index is 0.0940. The second-order valence-electron chi connectivity index (χ2n) is 5.83. The Bertz CT molecular complexity index is 646. The summed E-state index contributed by atoms with van der Waals surface area (Å²) in [6.45, 7) is 1.71. The Morgan fingerprint density at radius 1 is 1.21 bits per heavy atom. The van der Waals surface area contributed by atoms with E-state index < -0.39 is 0 Å². The van der Waals surface area contributed by atoms with Gasteiger partial charge in [0.1, 0.15) is 5.25 Å². The molecule has 2 aliphatic heterocycles. The van der Waals surface area contributed by atoms with Crippen LogP contribution < -0.4 is 4.90 Å². The first-order chi connectivity index (χ1) is 11.6. The molecule has 0 aliphatic carbocycles. The van der Waals surface area contributed by atoms with Gasteiger partial charge in [-0.3, -0.25) is 14.4 Å². The maximum absolute atomic E-state index is 12.6. The van der Waals surface area contributed by atoms with Crippen LogP contribution in [0.1, 0.15) is 23.2 Å². The molecule has 0 radical (unpaired) electrons. The maximum Gasteiger partial charge on any atom is 0.320 e. The molecule has 1 aromatic carbocycles. The van der Waals surface area contributed by atoms with Crippen LogP contribution in [0, 0.1) is 0 Å². The number of nitrogens with zero attached hydrogens (tertiary/aromatic N) is 2. The zero-order valence-electron chi connectivity index (χ0n) is 13.6. The molecule has 2 aliphatic rings. The van der Waals surface area contributed by atoms with Crippen molar-refractivity contribution in [3.05, 3.63) is 29.8 Å². The van der Waals surface area contributed by atoms with E-state index in [4.69, 9.17) is 4.74 Å². The average Bonchev–Trinajstić information content (AvgIpc) is 3.06. The van der Waals surface area contributed by atoms with E-state index in [1.165, 1.54) is 18.9 Å². The number of ether oxygens (including phenoxy) is 1. The van der Waals surface area contributed by atoms with Crippen LogP contribution in [0.3, 0.4) is 0 Å². The van der Waals surface area contributed by atoms with Gasteiger partial charge in [-0.1, -0.05) is 0 Å². The molecule has 2 amide bonds. The Hall–Kier alpha value is -2.02. The minimum atomic E-state index is -0.325. The quantitative estimate of drug-likeness (QED) is 0.775. The third kappa shape index (κ3) is 3.40. The molecule has 0 bridgehead atoms. The fraction of sp³-hybridized carbons (Fsp3) is 0.471. The molecule has 0 aromatic heterocycles. The zero-order valence-corrected chi connectivity index (χ0v) is 14.4. The highest BCUT2D eigenvalue weighted by atomic mass is 32.2. The molecule has 0 unspecified atom stereocenters. The molecular formula is C17H20N2O4S. The second kappa shape index (κ2) is 7.25. The van der Waals surface area contributed by atoms with E-state index in [1.54, 1.807) is 21.9 Å². The van der Waals surface area contributed by atoms with Gasteiger partial charge >= 0.3 is 5.97 Å². The van der Waals surface area contributed by atoms with Crippen molar-refractivity contribution >= 4 is 35.2 Å². The van der Waals surface area contributed by atoms with Crippen LogP contribution >= 0.6 is 11.8 Å². The molecule has 0 N–H and O–H groups in total. The highest BCUT2D eigenvalue weighted by molar-refractivity contribution is 8.00. The summed E-state index contributed by atoms with van der Waals surface area (Å²) in [5, 5.41) is -0.325. The SMILES string of the molecule is COC(=O)[C@H]1CN(C(=O)c2ccc(N3CCCC3=O)cc2)CCS1. The van der Waals surface area contributed by atoms with E-state index in [-0.39, 0.29) is 23.0 Å². The number of carbonyl (C=O) groups excluding carboxylic acids is 3. The van der Waals surface area contributed by atoms with E-state index in [1.807, 2.05) is 12.1 Å². The molecule has 2 fully saturated rings. The summed E-state index contributed by atoms with van der Waals surface area (Å²) in [4.78, 5) is 39.5. The van der Waals surface area contributed by atoms with Gasteiger partial charge < -0.3 is 14.5 Å². The number of hydrogen-bond acceptors (Lipinski definition) is 5. The van der Waals surface area contributed by atoms with Crippen molar-refractivity contribution in [2.24, 2.45) is 0 Å². The highest BCUT2D eigenvalue weighted by Crippen LogP contribution is 2.24. The van der Waals surface area contributed by atoms with Gasteiger partial charge in [0, 0.05) is 43.1 Å². The van der Waals surface area contributed by atoms with Crippen LogP contribution in [0.5, 0.6) is 0 Å². The van der Waals surface area contributed by atoms with Crippen molar-refractivity contribution in [2.75, 3.05) is 37.4 Å². The Kier molecular flexibility index (Phi) is 5.08. The lowest BCUT2D eigenvalue weighted by Crippen LogP contribution is -2.44. The lowest BCUT2D eigenvalue weighted by atomic mass is 10.1. The molecule has 2 saturated heterocycles. The molecule has 0 spiro atoms. The number of rotatable bonds is 3. The summed E-state index contributed by atoms with van der Waals surface area (Å²) in [5.74, 6) is 0.457. The average molecular weight is 348 g/mol. The maximum atomic E-state index is 12.6. The molecule has 1 atom stereocenters. The first-order valence-electron chi connectivity index (χ1n) is 7.99. The molecule has 24 heavy (non-hydrogen) atoms. The molecule has 3 rings (SSSR count). The van der Waals surface area contributed by atoms with E-state index >= 15 is 0 Å². The predicted octanol–water partition coefficient (Wildman–Crippen LogP) is 1.54. The Morgan fingerprint density at radius 3 is 2.58 bits per heavy atom. The van der Waals surface area contributed by atoms with Crippen molar-refractivity contribution < 1.29 is 19.1 Å². The molecular weight excluding hydrogens is 328 g/mol. The van der Waals surface area contributed by atoms with Gasteiger partial charge in [0.15, 0.2) is 0 Å². The first-order valence-corrected chi connectivity index (χ1v) is 9.04. The third-order valence-corrected chi connectivity index (χ3v) is 5.48. The molecule has 0 saturated carbocycles. The van der Waals surface area contributed by atoms with Crippen molar-refractivity contribution in [3.8, 4) is 0 Å². The number of benzene rings is 1. The van der Waals surface area contributed by atoms with Gasteiger partial charge in [-0.05, 0) is 30.7 Å². The molecule has 6 nitrogen and oxygen atoms in total. The number of anilines is 1. The lowest BCUT2D eigenvalue weighted by molar-refractivity contribution is -0.140. The lowest BCUT2D eigenvalue weighted by Gasteiger charge is -2.31. The summed E-state index contributed by atoms with van der Waals surface area (Å²) in [6, 6.07) is 7.12.